The van der Waals surface area contributed by atoms with Gasteiger partial charge in [-0.2, -0.15) is 0 Å². The normalized spacial score (nSPS) is 10.2. The zero-order chi connectivity index (χ0) is 20.4. The molecule has 8 heteroatoms. The lowest BCUT2D eigenvalue weighted by atomic mass is 10.1. The molecule has 0 unspecified atom stereocenters. The predicted molar refractivity (Wildman–Crippen MR) is 101 cm³/mol. The van der Waals surface area contributed by atoms with Crippen molar-refractivity contribution in [1.29, 1.82) is 0 Å². The fourth-order valence-electron chi connectivity index (χ4n) is 2.18. The van der Waals surface area contributed by atoms with Gasteiger partial charge in [-0.1, -0.05) is 13.3 Å². The maximum absolute atomic E-state index is 12.0. The quantitative estimate of drug-likeness (QED) is 0.264. The highest BCUT2D eigenvalue weighted by molar-refractivity contribution is 5.93. The molecule has 0 heterocycles. The summed E-state index contributed by atoms with van der Waals surface area (Å²) in [4.78, 5) is 33.9. The van der Waals surface area contributed by atoms with Gasteiger partial charge in [0.05, 0.1) is 22.7 Å². The van der Waals surface area contributed by atoms with Crippen LogP contribution in [0, 0.1) is 10.1 Å². The standard InChI is InChI=1S/C20H21NO7/c1-2-3-12-27-19(22)15-4-6-16(7-5-15)20(23)28-14-13-26-18-10-8-17(9-11-18)21(24)25/h4-11H,2-3,12-14H2,1H3. The number of carbonyl (C=O) groups excluding carboxylic acids is 2. The average Bonchev–Trinajstić information content (AvgIpc) is 2.71. The Morgan fingerprint density at radius 1 is 0.857 bits per heavy atom. The van der Waals surface area contributed by atoms with Crippen molar-refractivity contribution in [2.24, 2.45) is 0 Å². The largest absolute Gasteiger partial charge is 0.490 e. The van der Waals surface area contributed by atoms with Gasteiger partial charge >= 0.3 is 11.9 Å². The molecule has 0 aromatic heterocycles. The monoisotopic (exact) mass is 387 g/mol. The molecule has 28 heavy (non-hydrogen) atoms. The molecule has 0 N–H and O–H groups in total. The number of nitrogens with zero attached hydrogens (tertiary/aromatic N) is 1. The van der Waals surface area contributed by atoms with Gasteiger partial charge in [0, 0.05) is 12.1 Å². The SMILES string of the molecule is CCCCOC(=O)c1ccc(C(=O)OCCOc2ccc([N+](=O)[O-])cc2)cc1. The van der Waals surface area contributed by atoms with Crippen LogP contribution in [0.2, 0.25) is 0 Å². The highest BCUT2D eigenvalue weighted by Gasteiger charge is 2.11. The number of hydrogen-bond donors (Lipinski definition) is 0. The Labute approximate surface area is 162 Å². The van der Waals surface area contributed by atoms with E-state index in [1.54, 1.807) is 0 Å². The Morgan fingerprint density at radius 2 is 1.39 bits per heavy atom. The minimum absolute atomic E-state index is 0.0105. The van der Waals surface area contributed by atoms with Crippen LogP contribution in [0.3, 0.4) is 0 Å². The number of ether oxygens (including phenoxy) is 3. The maximum Gasteiger partial charge on any atom is 0.338 e. The van der Waals surface area contributed by atoms with Crippen LogP contribution in [0.5, 0.6) is 5.75 Å². The second kappa shape index (κ2) is 10.7. The summed E-state index contributed by atoms with van der Waals surface area (Å²) in [7, 11) is 0. The summed E-state index contributed by atoms with van der Waals surface area (Å²) in [6.07, 6.45) is 1.74. The van der Waals surface area contributed by atoms with E-state index in [-0.39, 0.29) is 18.9 Å². The summed E-state index contributed by atoms with van der Waals surface area (Å²) < 4.78 is 15.6. The first-order valence-electron chi connectivity index (χ1n) is 8.83. The van der Waals surface area contributed by atoms with Crippen molar-refractivity contribution in [2.45, 2.75) is 19.8 Å². The third-order valence-corrected chi connectivity index (χ3v) is 3.72. The van der Waals surface area contributed by atoms with E-state index < -0.39 is 16.9 Å². The van der Waals surface area contributed by atoms with Crippen molar-refractivity contribution in [3.05, 3.63) is 69.8 Å². The zero-order valence-corrected chi connectivity index (χ0v) is 15.5. The summed E-state index contributed by atoms with van der Waals surface area (Å²) in [6, 6.07) is 11.6. The topological polar surface area (TPSA) is 105 Å². The van der Waals surface area contributed by atoms with Crippen molar-refractivity contribution < 1.29 is 28.7 Å². The van der Waals surface area contributed by atoms with E-state index in [4.69, 9.17) is 14.2 Å². The van der Waals surface area contributed by atoms with Crippen molar-refractivity contribution in [2.75, 3.05) is 19.8 Å². The molecule has 148 valence electrons. The lowest BCUT2D eigenvalue weighted by molar-refractivity contribution is -0.384. The molecule has 2 rings (SSSR count). The average molecular weight is 387 g/mol. The number of esters is 2. The van der Waals surface area contributed by atoms with Crippen LogP contribution in [-0.4, -0.2) is 36.7 Å². The lowest BCUT2D eigenvalue weighted by Crippen LogP contribution is -2.13. The number of nitro groups is 1. The van der Waals surface area contributed by atoms with E-state index in [0.717, 1.165) is 12.8 Å². The molecule has 0 spiro atoms. The molecule has 0 aliphatic rings. The minimum atomic E-state index is -0.543. The number of nitro benzene ring substituents is 1. The third-order valence-electron chi connectivity index (χ3n) is 3.72. The molecule has 0 saturated heterocycles. The van der Waals surface area contributed by atoms with Gasteiger partial charge in [0.2, 0.25) is 0 Å². The van der Waals surface area contributed by atoms with E-state index >= 15 is 0 Å². The van der Waals surface area contributed by atoms with E-state index in [2.05, 4.69) is 0 Å². The Balaban J connectivity index is 1.75. The molecule has 0 amide bonds. The summed E-state index contributed by atoms with van der Waals surface area (Å²) in [6.45, 7) is 2.49. The van der Waals surface area contributed by atoms with E-state index in [9.17, 15) is 19.7 Å². The molecule has 0 atom stereocenters. The summed E-state index contributed by atoms with van der Waals surface area (Å²) in [5, 5.41) is 10.6. The predicted octanol–water partition coefficient (Wildman–Crippen LogP) is 3.79. The van der Waals surface area contributed by atoms with Crippen molar-refractivity contribution in [3.63, 3.8) is 0 Å². The molecule has 0 bridgehead atoms. The number of carbonyl (C=O) groups is 2. The van der Waals surface area contributed by atoms with Crippen LogP contribution >= 0.6 is 0 Å². The number of unbranched alkanes of at least 4 members (excludes halogenated alkanes) is 1. The van der Waals surface area contributed by atoms with Gasteiger partial charge in [-0.25, -0.2) is 9.59 Å². The first kappa shape index (κ1) is 20.9. The Morgan fingerprint density at radius 3 is 1.89 bits per heavy atom. The van der Waals surface area contributed by atoms with Crippen molar-refractivity contribution >= 4 is 17.6 Å². The molecule has 8 nitrogen and oxygen atoms in total. The van der Waals surface area contributed by atoms with E-state index in [1.807, 2.05) is 6.92 Å². The molecule has 0 aliphatic heterocycles. The fraction of sp³-hybridized carbons (Fsp3) is 0.300. The smallest absolute Gasteiger partial charge is 0.338 e. The first-order valence-corrected chi connectivity index (χ1v) is 8.83. The van der Waals surface area contributed by atoms with Gasteiger partial charge in [-0.3, -0.25) is 10.1 Å². The Bertz CT molecular complexity index is 800. The molecule has 0 radical (unpaired) electrons. The van der Waals surface area contributed by atoms with E-state index in [1.165, 1.54) is 48.5 Å². The van der Waals surface area contributed by atoms with Gasteiger partial charge in [0.15, 0.2) is 0 Å². The van der Waals surface area contributed by atoms with Crippen LogP contribution in [0.1, 0.15) is 40.5 Å². The molecule has 2 aromatic carbocycles. The number of non-ortho nitro benzene ring substituents is 1. The lowest BCUT2D eigenvalue weighted by Gasteiger charge is -2.08. The van der Waals surface area contributed by atoms with Crippen LogP contribution in [0.4, 0.5) is 5.69 Å². The second-order valence-corrected chi connectivity index (χ2v) is 5.80. The molecule has 0 saturated carbocycles. The summed E-state index contributed by atoms with van der Waals surface area (Å²) in [5.41, 5.74) is 0.645. The summed E-state index contributed by atoms with van der Waals surface area (Å²) in [5.74, 6) is -0.532. The Kier molecular flexibility index (Phi) is 7.95. The molecule has 0 fully saturated rings. The number of benzene rings is 2. The maximum atomic E-state index is 12.0. The molecular weight excluding hydrogens is 366 g/mol. The van der Waals surface area contributed by atoms with Crippen LogP contribution in [-0.2, 0) is 9.47 Å². The molecule has 2 aromatic rings. The highest BCUT2D eigenvalue weighted by Crippen LogP contribution is 2.17. The minimum Gasteiger partial charge on any atom is -0.490 e. The zero-order valence-electron chi connectivity index (χ0n) is 15.5. The van der Waals surface area contributed by atoms with Crippen molar-refractivity contribution in [1.82, 2.24) is 0 Å². The Hall–Kier alpha value is -3.42. The van der Waals surface area contributed by atoms with E-state index in [0.29, 0.717) is 23.5 Å². The van der Waals surface area contributed by atoms with Gasteiger partial charge in [0.1, 0.15) is 19.0 Å². The van der Waals surface area contributed by atoms with Crippen LogP contribution in [0.25, 0.3) is 0 Å². The van der Waals surface area contributed by atoms with Crippen LogP contribution < -0.4 is 4.74 Å². The number of rotatable bonds is 10. The van der Waals surface area contributed by atoms with Crippen LogP contribution in [0.15, 0.2) is 48.5 Å². The first-order chi connectivity index (χ1) is 13.5. The third kappa shape index (κ3) is 6.39. The summed E-state index contributed by atoms with van der Waals surface area (Å²) >= 11 is 0. The van der Waals surface area contributed by atoms with Gasteiger partial charge in [-0.05, 0) is 42.8 Å². The highest BCUT2D eigenvalue weighted by atomic mass is 16.6. The van der Waals surface area contributed by atoms with Gasteiger partial charge < -0.3 is 14.2 Å². The molecular formula is C20H21NO7. The number of hydrogen-bond acceptors (Lipinski definition) is 7. The van der Waals surface area contributed by atoms with Gasteiger partial charge in [-0.15, -0.1) is 0 Å². The van der Waals surface area contributed by atoms with Gasteiger partial charge in [0.25, 0.3) is 5.69 Å². The fourth-order valence-corrected chi connectivity index (χ4v) is 2.18. The molecule has 0 aliphatic carbocycles. The van der Waals surface area contributed by atoms with Crippen molar-refractivity contribution in [3.8, 4) is 5.75 Å². The second-order valence-electron chi connectivity index (χ2n) is 5.80.